The third-order valence-electron chi connectivity index (χ3n) is 3.42. The predicted octanol–water partition coefficient (Wildman–Crippen LogP) is 1.73. The van der Waals surface area contributed by atoms with Crippen LogP contribution in [0, 0.1) is 0 Å². The van der Waals surface area contributed by atoms with Crippen molar-refractivity contribution in [2.75, 3.05) is 0 Å². The van der Waals surface area contributed by atoms with Gasteiger partial charge in [-0.2, -0.15) is 15.0 Å². The Morgan fingerprint density at radius 2 is 2.05 bits per heavy atom. The fourth-order valence-corrected chi connectivity index (χ4v) is 2.25. The Labute approximate surface area is 123 Å². The zero-order chi connectivity index (χ0) is 14.7. The zero-order valence-corrected chi connectivity index (χ0v) is 11.9. The van der Waals surface area contributed by atoms with E-state index in [9.17, 15) is 0 Å². The standard InChI is InChI=1S/C15H18N6/c1-2-20-9-8-17-15(20)10-13(16)14-11-18-21(19-14)12-6-4-3-5-7-12/h3-9,11,13H,2,10,16H2,1H3. The molecule has 0 aliphatic carbocycles. The van der Waals surface area contributed by atoms with Crippen molar-refractivity contribution in [3.05, 3.63) is 60.4 Å². The summed E-state index contributed by atoms with van der Waals surface area (Å²) in [6.07, 6.45) is 6.13. The van der Waals surface area contributed by atoms with Gasteiger partial charge in [-0.3, -0.25) is 0 Å². The molecule has 0 radical (unpaired) electrons. The zero-order valence-electron chi connectivity index (χ0n) is 11.9. The molecule has 1 atom stereocenters. The van der Waals surface area contributed by atoms with Gasteiger partial charge in [0.2, 0.25) is 0 Å². The molecule has 6 heteroatoms. The number of benzene rings is 1. The summed E-state index contributed by atoms with van der Waals surface area (Å²) in [6, 6.07) is 9.57. The minimum absolute atomic E-state index is 0.213. The maximum absolute atomic E-state index is 6.23. The molecule has 0 bridgehead atoms. The lowest BCUT2D eigenvalue weighted by molar-refractivity contribution is 0.609. The number of hydrogen-bond donors (Lipinski definition) is 1. The first-order valence-corrected chi connectivity index (χ1v) is 7.01. The maximum Gasteiger partial charge on any atom is 0.110 e. The predicted molar refractivity (Wildman–Crippen MR) is 79.9 cm³/mol. The molecule has 108 valence electrons. The van der Waals surface area contributed by atoms with Gasteiger partial charge >= 0.3 is 0 Å². The topological polar surface area (TPSA) is 74.6 Å². The lowest BCUT2D eigenvalue weighted by Crippen LogP contribution is -2.17. The molecule has 2 heterocycles. The summed E-state index contributed by atoms with van der Waals surface area (Å²) in [5.41, 5.74) is 7.92. The molecule has 0 aliphatic heterocycles. The third kappa shape index (κ3) is 2.85. The minimum Gasteiger partial charge on any atom is -0.335 e. The van der Waals surface area contributed by atoms with Crippen LogP contribution in [0.3, 0.4) is 0 Å². The first-order chi connectivity index (χ1) is 10.3. The molecule has 0 aliphatic rings. The van der Waals surface area contributed by atoms with Gasteiger partial charge in [-0.05, 0) is 19.1 Å². The molecule has 2 N–H and O–H groups in total. The first-order valence-electron chi connectivity index (χ1n) is 7.01. The summed E-state index contributed by atoms with van der Waals surface area (Å²) < 4.78 is 2.08. The van der Waals surface area contributed by atoms with Crippen LogP contribution < -0.4 is 5.73 Å². The molecule has 3 aromatic rings. The quantitative estimate of drug-likeness (QED) is 0.773. The Kier molecular flexibility index (Phi) is 3.79. The van der Waals surface area contributed by atoms with Gasteiger partial charge in [0.25, 0.3) is 0 Å². The molecule has 0 saturated heterocycles. The Balaban J connectivity index is 1.77. The van der Waals surface area contributed by atoms with E-state index in [1.54, 1.807) is 17.2 Å². The highest BCUT2D eigenvalue weighted by Crippen LogP contribution is 2.14. The molecule has 1 aromatic carbocycles. The van der Waals surface area contributed by atoms with Crippen LogP contribution in [0.2, 0.25) is 0 Å². The van der Waals surface area contributed by atoms with E-state index >= 15 is 0 Å². The van der Waals surface area contributed by atoms with Crippen molar-refractivity contribution in [1.29, 1.82) is 0 Å². The summed E-state index contributed by atoms with van der Waals surface area (Å²) in [5.74, 6) is 0.972. The van der Waals surface area contributed by atoms with Crippen molar-refractivity contribution < 1.29 is 0 Å². The number of nitrogens with two attached hydrogens (primary N) is 1. The van der Waals surface area contributed by atoms with Crippen LogP contribution in [0.4, 0.5) is 0 Å². The third-order valence-corrected chi connectivity index (χ3v) is 3.42. The Bertz CT molecular complexity index is 700. The van der Waals surface area contributed by atoms with E-state index in [-0.39, 0.29) is 6.04 Å². The van der Waals surface area contributed by atoms with Crippen LogP contribution in [-0.4, -0.2) is 24.5 Å². The monoisotopic (exact) mass is 282 g/mol. The van der Waals surface area contributed by atoms with E-state index in [0.29, 0.717) is 6.42 Å². The number of hydrogen-bond acceptors (Lipinski definition) is 4. The highest BCUT2D eigenvalue weighted by molar-refractivity contribution is 5.28. The Hall–Kier alpha value is -2.47. The summed E-state index contributed by atoms with van der Waals surface area (Å²) in [7, 11) is 0. The fourth-order valence-electron chi connectivity index (χ4n) is 2.25. The molecule has 0 fully saturated rings. The van der Waals surface area contributed by atoms with Gasteiger partial charge in [0.15, 0.2) is 0 Å². The van der Waals surface area contributed by atoms with Gasteiger partial charge in [-0.1, -0.05) is 18.2 Å². The van der Waals surface area contributed by atoms with Gasteiger partial charge in [-0.25, -0.2) is 4.98 Å². The van der Waals surface area contributed by atoms with Crippen LogP contribution in [0.25, 0.3) is 5.69 Å². The number of nitrogens with zero attached hydrogens (tertiary/aromatic N) is 5. The molecule has 1 unspecified atom stereocenters. The second kappa shape index (κ2) is 5.88. The van der Waals surface area contributed by atoms with E-state index in [0.717, 1.165) is 23.8 Å². The van der Waals surface area contributed by atoms with Crippen LogP contribution in [0.15, 0.2) is 48.9 Å². The van der Waals surface area contributed by atoms with Crippen molar-refractivity contribution in [2.24, 2.45) is 5.73 Å². The molecule has 0 saturated carbocycles. The lowest BCUT2D eigenvalue weighted by Gasteiger charge is -2.09. The molecular weight excluding hydrogens is 264 g/mol. The summed E-state index contributed by atoms with van der Waals surface area (Å²) in [4.78, 5) is 5.94. The molecule has 0 amide bonds. The van der Waals surface area contributed by atoms with Gasteiger partial charge in [0.1, 0.15) is 11.5 Å². The Morgan fingerprint density at radius 1 is 1.24 bits per heavy atom. The van der Waals surface area contributed by atoms with Crippen molar-refractivity contribution in [3.63, 3.8) is 0 Å². The van der Waals surface area contributed by atoms with Crippen LogP contribution in [0.1, 0.15) is 24.5 Å². The first kappa shape index (κ1) is 13.5. The maximum atomic E-state index is 6.23. The van der Waals surface area contributed by atoms with Gasteiger partial charge in [0, 0.05) is 25.4 Å². The molecule has 6 nitrogen and oxygen atoms in total. The fraction of sp³-hybridized carbons (Fsp3) is 0.267. The Morgan fingerprint density at radius 3 is 2.81 bits per heavy atom. The van der Waals surface area contributed by atoms with Crippen molar-refractivity contribution >= 4 is 0 Å². The summed E-state index contributed by atoms with van der Waals surface area (Å²) >= 11 is 0. The van der Waals surface area contributed by atoms with E-state index in [1.165, 1.54) is 0 Å². The van der Waals surface area contributed by atoms with Gasteiger partial charge in [-0.15, -0.1) is 0 Å². The molecule has 21 heavy (non-hydrogen) atoms. The van der Waals surface area contributed by atoms with Crippen LogP contribution in [0.5, 0.6) is 0 Å². The number of para-hydroxylation sites is 1. The highest BCUT2D eigenvalue weighted by atomic mass is 15.5. The lowest BCUT2D eigenvalue weighted by atomic mass is 10.1. The normalized spacial score (nSPS) is 12.5. The van der Waals surface area contributed by atoms with E-state index in [4.69, 9.17) is 5.73 Å². The molecule has 0 spiro atoms. The summed E-state index contributed by atoms with van der Waals surface area (Å²) in [6.45, 7) is 2.97. The molecular formula is C15H18N6. The van der Waals surface area contributed by atoms with Crippen molar-refractivity contribution in [2.45, 2.75) is 25.9 Å². The van der Waals surface area contributed by atoms with Crippen molar-refractivity contribution in [1.82, 2.24) is 24.5 Å². The van der Waals surface area contributed by atoms with Crippen LogP contribution >= 0.6 is 0 Å². The van der Waals surface area contributed by atoms with Gasteiger partial charge < -0.3 is 10.3 Å². The summed E-state index contributed by atoms with van der Waals surface area (Å²) in [5, 5.41) is 8.74. The highest BCUT2D eigenvalue weighted by Gasteiger charge is 2.14. The smallest absolute Gasteiger partial charge is 0.110 e. The van der Waals surface area contributed by atoms with E-state index in [1.807, 2.05) is 36.5 Å². The van der Waals surface area contributed by atoms with Gasteiger partial charge in [0.05, 0.1) is 17.9 Å². The second-order valence-corrected chi connectivity index (χ2v) is 4.83. The van der Waals surface area contributed by atoms with Crippen molar-refractivity contribution in [3.8, 4) is 5.69 Å². The number of aromatic nitrogens is 5. The molecule has 3 rings (SSSR count). The average molecular weight is 282 g/mol. The van der Waals surface area contributed by atoms with E-state index < -0.39 is 0 Å². The number of rotatable bonds is 5. The second-order valence-electron chi connectivity index (χ2n) is 4.83. The number of imidazole rings is 1. The average Bonchev–Trinajstić information content (AvgIpc) is 3.17. The van der Waals surface area contributed by atoms with E-state index in [2.05, 4.69) is 26.7 Å². The molecule has 2 aromatic heterocycles. The number of aryl methyl sites for hydroxylation is 1. The SMILES string of the molecule is CCn1ccnc1CC(N)c1cnn(-c2ccccc2)n1. The largest absolute Gasteiger partial charge is 0.335 e. The van der Waals surface area contributed by atoms with Crippen LogP contribution in [-0.2, 0) is 13.0 Å². The minimum atomic E-state index is -0.213.